The van der Waals surface area contributed by atoms with Crippen LogP contribution in [-0.4, -0.2) is 46.4 Å². The topological polar surface area (TPSA) is 59.6 Å². The van der Waals surface area contributed by atoms with Gasteiger partial charge in [-0.3, -0.25) is 4.79 Å². The quantitative estimate of drug-likeness (QED) is 0.627. The summed E-state index contributed by atoms with van der Waals surface area (Å²) in [4.78, 5) is 11.7. The van der Waals surface area contributed by atoms with Crippen LogP contribution in [0.4, 0.5) is 0 Å². The van der Waals surface area contributed by atoms with E-state index in [1.165, 1.54) is 0 Å². The zero-order chi connectivity index (χ0) is 14.6. The molecule has 5 nitrogen and oxygen atoms in total. The van der Waals surface area contributed by atoms with E-state index in [0.29, 0.717) is 19.6 Å². The summed E-state index contributed by atoms with van der Waals surface area (Å²) in [5, 5.41) is 6.06. The van der Waals surface area contributed by atoms with Crippen molar-refractivity contribution in [3.63, 3.8) is 0 Å². The van der Waals surface area contributed by atoms with Crippen LogP contribution < -0.4 is 15.4 Å². The molecule has 5 heteroatoms. The van der Waals surface area contributed by atoms with Gasteiger partial charge in [0.2, 0.25) is 5.91 Å². The largest absolute Gasteiger partial charge is 0.497 e. The number of carbonyl (C=O) groups excluding carboxylic acids is 1. The highest BCUT2D eigenvalue weighted by atomic mass is 16.5. The Morgan fingerprint density at radius 1 is 1.20 bits per heavy atom. The van der Waals surface area contributed by atoms with Crippen molar-refractivity contribution >= 4 is 5.91 Å². The number of benzene rings is 1. The van der Waals surface area contributed by atoms with E-state index in [4.69, 9.17) is 9.47 Å². The number of amides is 1. The molecule has 0 aliphatic carbocycles. The fraction of sp³-hybridized carbons (Fsp3) is 0.533. The lowest BCUT2D eigenvalue weighted by atomic mass is 10.1. The maximum Gasteiger partial charge on any atom is 0.220 e. The van der Waals surface area contributed by atoms with Gasteiger partial charge in [0.15, 0.2) is 0 Å². The number of methoxy groups -OCH3 is 2. The lowest BCUT2D eigenvalue weighted by Crippen LogP contribution is -2.33. The average Bonchev–Trinajstić information content (AvgIpc) is 2.49. The minimum Gasteiger partial charge on any atom is -0.497 e. The third kappa shape index (κ3) is 7.11. The molecule has 0 saturated carbocycles. The van der Waals surface area contributed by atoms with E-state index in [-0.39, 0.29) is 5.91 Å². The first-order valence-electron chi connectivity index (χ1n) is 6.85. The van der Waals surface area contributed by atoms with Gasteiger partial charge in [-0.05, 0) is 24.1 Å². The zero-order valence-corrected chi connectivity index (χ0v) is 12.3. The van der Waals surface area contributed by atoms with E-state index in [2.05, 4.69) is 10.6 Å². The lowest BCUT2D eigenvalue weighted by molar-refractivity contribution is -0.121. The minimum atomic E-state index is 0.0707. The molecule has 0 spiro atoms. The van der Waals surface area contributed by atoms with E-state index in [0.717, 1.165) is 30.8 Å². The fourth-order valence-electron chi connectivity index (χ4n) is 1.76. The van der Waals surface area contributed by atoms with Crippen LogP contribution >= 0.6 is 0 Å². The molecular formula is C15H24N2O3. The molecule has 1 amide bonds. The van der Waals surface area contributed by atoms with Gasteiger partial charge >= 0.3 is 0 Å². The number of hydrogen-bond donors (Lipinski definition) is 2. The standard InChI is InChI=1S/C15H24N2O3/c1-19-11-10-16-8-9-17-15(18)7-6-13-4-3-5-14(12-13)20-2/h3-5,12,16H,6-11H2,1-2H3,(H,17,18). The van der Waals surface area contributed by atoms with Gasteiger partial charge in [-0.25, -0.2) is 0 Å². The molecule has 2 N–H and O–H groups in total. The molecule has 0 bridgehead atoms. The van der Waals surface area contributed by atoms with Crippen molar-refractivity contribution in [2.45, 2.75) is 12.8 Å². The number of ether oxygens (including phenoxy) is 2. The third-order valence-electron chi connectivity index (χ3n) is 2.88. The van der Waals surface area contributed by atoms with Gasteiger partial charge in [0, 0.05) is 33.2 Å². The first-order valence-corrected chi connectivity index (χ1v) is 6.85. The van der Waals surface area contributed by atoms with Crippen LogP contribution in [-0.2, 0) is 16.0 Å². The molecule has 0 radical (unpaired) electrons. The third-order valence-corrected chi connectivity index (χ3v) is 2.88. The molecule has 0 heterocycles. The van der Waals surface area contributed by atoms with Crippen LogP contribution in [0.5, 0.6) is 5.75 Å². The number of carbonyl (C=O) groups is 1. The van der Waals surface area contributed by atoms with Gasteiger partial charge in [0.05, 0.1) is 13.7 Å². The van der Waals surface area contributed by atoms with E-state index in [1.807, 2.05) is 24.3 Å². The van der Waals surface area contributed by atoms with Gasteiger partial charge in [-0.2, -0.15) is 0 Å². The zero-order valence-electron chi connectivity index (χ0n) is 12.3. The van der Waals surface area contributed by atoms with Gasteiger partial charge in [0.1, 0.15) is 5.75 Å². The Morgan fingerprint density at radius 2 is 2.05 bits per heavy atom. The van der Waals surface area contributed by atoms with Crippen molar-refractivity contribution < 1.29 is 14.3 Å². The van der Waals surface area contributed by atoms with Crippen molar-refractivity contribution in [2.24, 2.45) is 0 Å². The second-order valence-corrected chi connectivity index (χ2v) is 4.44. The molecule has 0 aliphatic rings. The fourth-order valence-corrected chi connectivity index (χ4v) is 1.76. The van der Waals surface area contributed by atoms with Crippen molar-refractivity contribution in [1.82, 2.24) is 10.6 Å². The van der Waals surface area contributed by atoms with E-state index >= 15 is 0 Å². The summed E-state index contributed by atoms with van der Waals surface area (Å²) in [6.07, 6.45) is 1.21. The smallest absolute Gasteiger partial charge is 0.220 e. The molecule has 1 aromatic carbocycles. The monoisotopic (exact) mass is 280 g/mol. The average molecular weight is 280 g/mol. The number of rotatable bonds is 10. The second-order valence-electron chi connectivity index (χ2n) is 4.44. The van der Waals surface area contributed by atoms with Crippen molar-refractivity contribution in [1.29, 1.82) is 0 Å². The molecule has 0 aliphatic heterocycles. The maximum absolute atomic E-state index is 11.7. The molecule has 0 aromatic heterocycles. The Kier molecular flexibility index (Phi) is 8.42. The molecule has 1 aromatic rings. The SMILES string of the molecule is COCCNCCNC(=O)CCc1cccc(OC)c1. The summed E-state index contributed by atoms with van der Waals surface area (Å²) in [6, 6.07) is 7.79. The normalized spacial score (nSPS) is 10.3. The Labute approximate surface area is 120 Å². The summed E-state index contributed by atoms with van der Waals surface area (Å²) in [7, 11) is 3.31. The molecule has 20 heavy (non-hydrogen) atoms. The molecule has 0 atom stereocenters. The molecule has 0 unspecified atom stereocenters. The van der Waals surface area contributed by atoms with E-state index in [9.17, 15) is 4.79 Å². The summed E-state index contributed by atoms with van der Waals surface area (Å²) in [5.41, 5.74) is 1.11. The van der Waals surface area contributed by atoms with Crippen molar-refractivity contribution in [3.05, 3.63) is 29.8 Å². The van der Waals surface area contributed by atoms with Crippen LogP contribution in [0.2, 0.25) is 0 Å². The summed E-state index contributed by atoms with van der Waals surface area (Å²) < 4.78 is 10.1. The summed E-state index contributed by atoms with van der Waals surface area (Å²) in [5.74, 6) is 0.895. The Hall–Kier alpha value is -1.59. The first kappa shape index (κ1) is 16.5. The molecular weight excluding hydrogens is 256 g/mol. The van der Waals surface area contributed by atoms with Crippen molar-refractivity contribution in [3.8, 4) is 5.75 Å². The molecule has 0 saturated heterocycles. The Bertz CT molecular complexity index is 396. The Morgan fingerprint density at radius 3 is 2.80 bits per heavy atom. The number of nitrogens with one attached hydrogen (secondary N) is 2. The van der Waals surface area contributed by atoms with E-state index < -0.39 is 0 Å². The molecule has 0 fully saturated rings. The first-order chi connectivity index (χ1) is 9.76. The van der Waals surface area contributed by atoms with Crippen LogP contribution in [0.1, 0.15) is 12.0 Å². The number of hydrogen-bond acceptors (Lipinski definition) is 4. The van der Waals surface area contributed by atoms with Gasteiger partial charge in [-0.15, -0.1) is 0 Å². The van der Waals surface area contributed by atoms with Gasteiger partial charge < -0.3 is 20.1 Å². The van der Waals surface area contributed by atoms with Gasteiger partial charge in [-0.1, -0.05) is 12.1 Å². The van der Waals surface area contributed by atoms with Crippen LogP contribution in [0.15, 0.2) is 24.3 Å². The van der Waals surface area contributed by atoms with Crippen molar-refractivity contribution in [2.75, 3.05) is 40.5 Å². The highest BCUT2D eigenvalue weighted by Crippen LogP contribution is 2.13. The predicted octanol–water partition coefficient (Wildman–Crippen LogP) is 0.980. The Balaban J connectivity index is 2.13. The highest BCUT2D eigenvalue weighted by molar-refractivity contribution is 5.76. The summed E-state index contributed by atoms with van der Waals surface area (Å²) >= 11 is 0. The van der Waals surface area contributed by atoms with E-state index in [1.54, 1.807) is 14.2 Å². The lowest BCUT2D eigenvalue weighted by Gasteiger charge is -2.07. The van der Waals surface area contributed by atoms with Gasteiger partial charge in [0.25, 0.3) is 0 Å². The minimum absolute atomic E-state index is 0.0707. The number of aryl methyl sites for hydroxylation is 1. The predicted molar refractivity (Wildman–Crippen MR) is 79.1 cm³/mol. The molecule has 1 rings (SSSR count). The second kappa shape index (κ2) is 10.2. The van der Waals surface area contributed by atoms with Crippen LogP contribution in [0.3, 0.4) is 0 Å². The summed E-state index contributed by atoms with van der Waals surface area (Å²) in [6.45, 7) is 2.88. The highest BCUT2D eigenvalue weighted by Gasteiger charge is 2.02. The van der Waals surface area contributed by atoms with Crippen LogP contribution in [0.25, 0.3) is 0 Å². The van der Waals surface area contributed by atoms with Crippen LogP contribution in [0, 0.1) is 0 Å². The maximum atomic E-state index is 11.7. The molecule has 112 valence electrons.